The van der Waals surface area contributed by atoms with Crippen LogP contribution in [-0.2, 0) is 9.59 Å². The standard InChI is InChI=1S/C13H17N3O2S/c1-2-5-16-11(17)6-9(12(16)18)14-13-15-10(7-19-13)8-3-4-8/h7-9H,2-6H2,1H3,(H,14,15). The number of nitrogens with zero attached hydrogens (tertiary/aromatic N) is 2. The molecule has 2 amide bonds. The maximum atomic E-state index is 12.1. The number of likely N-dealkylation sites (tertiary alicyclic amines) is 1. The lowest BCUT2D eigenvalue weighted by atomic mass is 10.2. The normalized spacial score (nSPS) is 23.2. The lowest BCUT2D eigenvalue weighted by Crippen LogP contribution is -2.35. The highest BCUT2D eigenvalue weighted by Crippen LogP contribution is 2.41. The Balaban J connectivity index is 1.65. The summed E-state index contributed by atoms with van der Waals surface area (Å²) in [6.45, 7) is 2.48. The number of nitrogens with one attached hydrogen (secondary N) is 1. The molecular formula is C13H17N3O2S. The Morgan fingerprint density at radius 2 is 2.26 bits per heavy atom. The monoisotopic (exact) mass is 279 g/mol. The molecule has 1 aliphatic carbocycles. The van der Waals surface area contributed by atoms with Crippen molar-refractivity contribution in [2.24, 2.45) is 0 Å². The number of amides is 2. The van der Waals surface area contributed by atoms with Gasteiger partial charge in [-0.25, -0.2) is 4.98 Å². The van der Waals surface area contributed by atoms with E-state index in [9.17, 15) is 9.59 Å². The van der Waals surface area contributed by atoms with Crippen LogP contribution in [0.1, 0.15) is 44.2 Å². The van der Waals surface area contributed by atoms with Crippen LogP contribution in [0, 0.1) is 0 Å². The second-order valence-electron chi connectivity index (χ2n) is 5.14. The lowest BCUT2D eigenvalue weighted by Gasteiger charge is -2.13. The molecule has 1 aromatic heterocycles. The Bertz CT molecular complexity index is 510. The first-order chi connectivity index (χ1) is 9.19. The van der Waals surface area contributed by atoms with E-state index < -0.39 is 6.04 Å². The van der Waals surface area contributed by atoms with Gasteiger partial charge in [0.2, 0.25) is 5.91 Å². The Morgan fingerprint density at radius 1 is 1.47 bits per heavy atom. The number of aromatic nitrogens is 1. The first-order valence-electron chi connectivity index (χ1n) is 6.75. The van der Waals surface area contributed by atoms with Crippen molar-refractivity contribution >= 4 is 28.3 Å². The van der Waals surface area contributed by atoms with E-state index in [0.717, 1.165) is 17.2 Å². The molecule has 0 bridgehead atoms. The van der Waals surface area contributed by atoms with Gasteiger partial charge in [0.1, 0.15) is 6.04 Å². The summed E-state index contributed by atoms with van der Waals surface area (Å²) >= 11 is 1.52. The molecule has 1 aromatic rings. The number of thiazole rings is 1. The Labute approximate surface area is 116 Å². The molecule has 1 unspecified atom stereocenters. The molecule has 2 heterocycles. The van der Waals surface area contributed by atoms with Crippen molar-refractivity contribution in [3.63, 3.8) is 0 Å². The molecule has 5 nitrogen and oxygen atoms in total. The van der Waals surface area contributed by atoms with E-state index in [1.54, 1.807) is 0 Å². The third kappa shape index (κ3) is 2.49. The molecule has 6 heteroatoms. The maximum absolute atomic E-state index is 12.1. The molecule has 1 aliphatic heterocycles. The smallest absolute Gasteiger partial charge is 0.252 e. The summed E-state index contributed by atoms with van der Waals surface area (Å²) in [5.74, 6) is 0.419. The highest BCUT2D eigenvalue weighted by atomic mass is 32.1. The van der Waals surface area contributed by atoms with Crippen molar-refractivity contribution in [3.05, 3.63) is 11.1 Å². The Hall–Kier alpha value is -1.43. The minimum atomic E-state index is -0.433. The van der Waals surface area contributed by atoms with Gasteiger partial charge in [-0.3, -0.25) is 14.5 Å². The fraction of sp³-hybridized carbons (Fsp3) is 0.615. The highest BCUT2D eigenvalue weighted by molar-refractivity contribution is 7.13. The van der Waals surface area contributed by atoms with E-state index in [0.29, 0.717) is 12.5 Å². The molecule has 0 spiro atoms. The summed E-state index contributed by atoms with van der Waals surface area (Å²) < 4.78 is 0. The van der Waals surface area contributed by atoms with Crippen LogP contribution in [0.2, 0.25) is 0 Å². The number of imide groups is 1. The SMILES string of the molecule is CCCN1C(=O)CC(Nc2nc(C3CC3)cs2)C1=O. The first-order valence-corrected chi connectivity index (χ1v) is 7.63. The summed E-state index contributed by atoms with van der Waals surface area (Å²) in [5.41, 5.74) is 1.12. The zero-order valence-corrected chi connectivity index (χ0v) is 11.7. The van der Waals surface area contributed by atoms with Crippen LogP contribution in [-0.4, -0.2) is 34.3 Å². The molecule has 0 aromatic carbocycles. The zero-order chi connectivity index (χ0) is 13.4. The average molecular weight is 279 g/mol. The van der Waals surface area contributed by atoms with Gasteiger partial charge >= 0.3 is 0 Å². The average Bonchev–Trinajstić information content (AvgIpc) is 3.09. The summed E-state index contributed by atoms with van der Waals surface area (Å²) in [4.78, 5) is 29.7. The maximum Gasteiger partial charge on any atom is 0.252 e. The van der Waals surface area contributed by atoms with Crippen molar-refractivity contribution in [1.82, 2.24) is 9.88 Å². The summed E-state index contributed by atoms with van der Waals surface area (Å²) in [5, 5.41) is 5.91. The van der Waals surface area contributed by atoms with Crippen LogP contribution in [0.3, 0.4) is 0 Å². The second kappa shape index (κ2) is 4.92. The minimum absolute atomic E-state index is 0.0803. The van der Waals surface area contributed by atoms with Gasteiger partial charge in [-0.1, -0.05) is 6.92 Å². The van der Waals surface area contributed by atoms with Gasteiger partial charge in [-0.05, 0) is 19.3 Å². The molecule has 102 valence electrons. The second-order valence-corrected chi connectivity index (χ2v) is 5.99. The van der Waals surface area contributed by atoms with Crippen LogP contribution in [0.15, 0.2) is 5.38 Å². The van der Waals surface area contributed by atoms with Gasteiger partial charge in [0.05, 0.1) is 12.1 Å². The topological polar surface area (TPSA) is 62.3 Å². The van der Waals surface area contributed by atoms with E-state index in [1.807, 2.05) is 12.3 Å². The molecule has 1 N–H and O–H groups in total. The van der Waals surface area contributed by atoms with Crippen molar-refractivity contribution in [1.29, 1.82) is 0 Å². The molecule has 1 atom stereocenters. The lowest BCUT2D eigenvalue weighted by molar-refractivity contribution is -0.138. The van der Waals surface area contributed by atoms with Crippen LogP contribution >= 0.6 is 11.3 Å². The van der Waals surface area contributed by atoms with Gasteiger partial charge in [0.25, 0.3) is 5.91 Å². The highest BCUT2D eigenvalue weighted by Gasteiger charge is 2.38. The van der Waals surface area contributed by atoms with E-state index in [-0.39, 0.29) is 18.2 Å². The number of anilines is 1. The summed E-state index contributed by atoms with van der Waals surface area (Å²) in [6.07, 6.45) is 3.48. The third-order valence-corrected chi connectivity index (χ3v) is 4.30. The van der Waals surface area contributed by atoms with Gasteiger partial charge in [0.15, 0.2) is 5.13 Å². The number of hydrogen-bond donors (Lipinski definition) is 1. The molecular weight excluding hydrogens is 262 g/mol. The van der Waals surface area contributed by atoms with E-state index in [2.05, 4.69) is 10.3 Å². The molecule has 2 aliphatic rings. The molecule has 3 rings (SSSR count). The van der Waals surface area contributed by atoms with Crippen LogP contribution in [0.4, 0.5) is 5.13 Å². The molecule has 1 saturated heterocycles. The fourth-order valence-corrected chi connectivity index (χ4v) is 3.17. The Morgan fingerprint density at radius 3 is 2.95 bits per heavy atom. The fourth-order valence-electron chi connectivity index (χ4n) is 2.32. The largest absolute Gasteiger partial charge is 0.349 e. The minimum Gasteiger partial charge on any atom is -0.349 e. The number of carbonyl (C=O) groups is 2. The van der Waals surface area contributed by atoms with Crippen LogP contribution < -0.4 is 5.32 Å². The van der Waals surface area contributed by atoms with Gasteiger partial charge in [-0.2, -0.15) is 0 Å². The molecule has 0 radical (unpaired) electrons. The third-order valence-electron chi connectivity index (χ3n) is 3.51. The molecule has 19 heavy (non-hydrogen) atoms. The van der Waals surface area contributed by atoms with Gasteiger partial charge in [0, 0.05) is 17.8 Å². The van der Waals surface area contributed by atoms with Crippen molar-refractivity contribution in [2.45, 2.75) is 44.6 Å². The van der Waals surface area contributed by atoms with Crippen LogP contribution in [0.25, 0.3) is 0 Å². The summed E-state index contributed by atoms with van der Waals surface area (Å²) in [6, 6.07) is -0.433. The van der Waals surface area contributed by atoms with Crippen LogP contribution in [0.5, 0.6) is 0 Å². The van der Waals surface area contributed by atoms with Crippen molar-refractivity contribution in [3.8, 4) is 0 Å². The van der Waals surface area contributed by atoms with E-state index >= 15 is 0 Å². The van der Waals surface area contributed by atoms with E-state index in [1.165, 1.54) is 29.1 Å². The number of rotatable bonds is 5. The first kappa shape index (κ1) is 12.6. The number of hydrogen-bond acceptors (Lipinski definition) is 5. The molecule has 2 fully saturated rings. The Kier molecular flexibility index (Phi) is 3.26. The predicted molar refractivity (Wildman–Crippen MR) is 73.1 cm³/mol. The zero-order valence-electron chi connectivity index (χ0n) is 10.9. The quantitative estimate of drug-likeness (QED) is 0.837. The van der Waals surface area contributed by atoms with Crippen molar-refractivity contribution in [2.75, 3.05) is 11.9 Å². The summed E-state index contributed by atoms with van der Waals surface area (Å²) in [7, 11) is 0. The van der Waals surface area contributed by atoms with Gasteiger partial charge in [-0.15, -0.1) is 11.3 Å². The van der Waals surface area contributed by atoms with Gasteiger partial charge < -0.3 is 5.32 Å². The predicted octanol–water partition coefficient (Wildman–Crippen LogP) is 1.97. The van der Waals surface area contributed by atoms with Crippen molar-refractivity contribution < 1.29 is 9.59 Å². The number of carbonyl (C=O) groups excluding carboxylic acids is 2. The van der Waals surface area contributed by atoms with E-state index in [4.69, 9.17) is 0 Å². The molecule has 1 saturated carbocycles.